The molecule has 0 saturated heterocycles. The van der Waals surface area contributed by atoms with Gasteiger partial charge < -0.3 is 10.2 Å². The van der Waals surface area contributed by atoms with Gasteiger partial charge in [-0.05, 0) is 68.8 Å². The molecule has 2 aromatic rings. The van der Waals surface area contributed by atoms with Crippen molar-refractivity contribution in [3.8, 4) is 0 Å². The molecule has 0 spiro atoms. The van der Waals surface area contributed by atoms with E-state index in [1.807, 2.05) is 19.1 Å². The Morgan fingerprint density at radius 2 is 1.68 bits per heavy atom. The molecule has 7 heteroatoms. The predicted octanol–water partition coefficient (Wildman–Crippen LogP) is 3.77. The van der Waals surface area contributed by atoms with E-state index in [-0.39, 0.29) is 5.91 Å². The first-order chi connectivity index (χ1) is 13.3. The van der Waals surface area contributed by atoms with Gasteiger partial charge >= 0.3 is 0 Å². The van der Waals surface area contributed by atoms with Crippen LogP contribution >= 0.6 is 0 Å². The van der Waals surface area contributed by atoms with E-state index >= 15 is 0 Å². The minimum Gasteiger partial charge on any atom is -0.364 e. The van der Waals surface area contributed by atoms with Crippen LogP contribution in [-0.2, 0) is 10.0 Å². The quantitative estimate of drug-likeness (QED) is 0.725. The lowest BCUT2D eigenvalue weighted by Crippen LogP contribution is -2.22. The van der Waals surface area contributed by atoms with Crippen LogP contribution in [-0.4, -0.2) is 32.7 Å². The minimum absolute atomic E-state index is 0.239. The molecule has 0 bridgehead atoms. The fourth-order valence-electron chi connectivity index (χ4n) is 2.84. The van der Waals surface area contributed by atoms with E-state index in [9.17, 15) is 13.2 Å². The molecule has 0 aliphatic carbocycles. The van der Waals surface area contributed by atoms with E-state index in [0.717, 1.165) is 30.0 Å². The van der Waals surface area contributed by atoms with E-state index in [2.05, 4.69) is 33.2 Å². The van der Waals surface area contributed by atoms with Crippen molar-refractivity contribution < 1.29 is 13.2 Å². The summed E-state index contributed by atoms with van der Waals surface area (Å²) in [7, 11) is -3.41. The van der Waals surface area contributed by atoms with Gasteiger partial charge in [0.2, 0.25) is 10.0 Å². The molecule has 3 rings (SSSR count). The summed E-state index contributed by atoms with van der Waals surface area (Å²) in [5.41, 5.74) is 3.76. The summed E-state index contributed by atoms with van der Waals surface area (Å²) in [6, 6.07) is 12.4. The van der Waals surface area contributed by atoms with E-state index in [0.29, 0.717) is 11.3 Å². The number of aryl methyl sites for hydroxylation is 1. The third-order valence-electron chi connectivity index (χ3n) is 4.67. The Bertz CT molecular complexity index is 988. The van der Waals surface area contributed by atoms with Crippen molar-refractivity contribution in [3.63, 3.8) is 0 Å². The number of nitrogens with one attached hydrogen (secondary N) is 2. The van der Waals surface area contributed by atoms with Crippen LogP contribution < -0.4 is 14.9 Å². The number of nitrogens with zero attached hydrogens (tertiary/aromatic N) is 1. The first-order valence-corrected chi connectivity index (χ1v) is 10.7. The Hall–Kier alpha value is -2.80. The van der Waals surface area contributed by atoms with Crippen LogP contribution in [0.2, 0.25) is 0 Å². The standard InChI is InChI=1S/C21H25N3O3S/c1-15(2)28(26,27)23-18-8-6-17(7-9-18)21(25)22-20-11-10-19(14-16(20)3)24-12-4-5-13-24/h4-11,14-15,23H,12-13H2,1-3H3,(H,22,25). The van der Waals surface area contributed by atoms with E-state index in [1.165, 1.54) is 0 Å². The topological polar surface area (TPSA) is 78.5 Å². The number of benzene rings is 2. The lowest BCUT2D eigenvalue weighted by atomic mass is 10.1. The van der Waals surface area contributed by atoms with Gasteiger partial charge in [0.1, 0.15) is 0 Å². The highest BCUT2D eigenvalue weighted by Crippen LogP contribution is 2.24. The highest BCUT2D eigenvalue weighted by atomic mass is 32.2. The number of anilines is 3. The molecule has 28 heavy (non-hydrogen) atoms. The number of carbonyl (C=O) groups is 1. The number of sulfonamides is 1. The number of carbonyl (C=O) groups excluding carboxylic acids is 1. The largest absolute Gasteiger partial charge is 0.364 e. The van der Waals surface area contributed by atoms with Crippen molar-refractivity contribution in [2.24, 2.45) is 0 Å². The van der Waals surface area contributed by atoms with Crippen molar-refractivity contribution in [1.29, 1.82) is 0 Å². The number of hydrogen-bond donors (Lipinski definition) is 2. The average Bonchev–Trinajstić information content (AvgIpc) is 3.18. The monoisotopic (exact) mass is 399 g/mol. The lowest BCUT2D eigenvalue weighted by molar-refractivity contribution is 0.102. The van der Waals surface area contributed by atoms with Gasteiger partial charge in [0.25, 0.3) is 5.91 Å². The fraction of sp³-hybridized carbons (Fsp3) is 0.286. The zero-order valence-electron chi connectivity index (χ0n) is 16.3. The van der Waals surface area contributed by atoms with Crippen molar-refractivity contribution in [3.05, 3.63) is 65.7 Å². The van der Waals surface area contributed by atoms with Gasteiger partial charge in [-0.1, -0.05) is 12.2 Å². The molecule has 2 aromatic carbocycles. The van der Waals surface area contributed by atoms with Crippen LogP contribution in [0.4, 0.5) is 17.1 Å². The maximum Gasteiger partial charge on any atom is 0.255 e. The molecule has 0 unspecified atom stereocenters. The Morgan fingerprint density at radius 1 is 1.04 bits per heavy atom. The molecule has 0 fully saturated rings. The fourth-order valence-corrected chi connectivity index (χ4v) is 3.54. The molecule has 2 N–H and O–H groups in total. The molecule has 6 nitrogen and oxygen atoms in total. The molecule has 1 amide bonds. The summed E-state index contributed by atoms with van der Waals surface area (Å²) >= 11 is 0. The molecule has 0 aromatic heterocycles. The van der Waals surface area contributed by atoms with Gasteiger partial charge in [-0.15, -0.1) is 0 Å². The molecular weight excluding hydrogens is 374 g/mol. The molecule has 0 atom stereocenters. The van der Waals surface area contributed by atoms with E-state index in [1.54, 1.807) is 38.1 Å². The number of amides is 1. The van der Waals surface area contributed by atoms with Crippen molar-refractivity contribution in [2.45, 2.75) is 26.0 Å². The summed E-state index contributed by atoms with van der Waals surface area (Å²) < 4.78 is 26.4. The summed E-state index contributed by atoms with van der Waals surface area (Å²) in [5, 5.41) is 2.39. The van der Waals surface area contributed by atoms with Crippen LogP contribution in [0.15, 0.2) is 54.6 Å². The number of rotatable bonds is 6. The molecule has 0 radical (unpaired) electrons. The van der Waals surface area contributed by atoms with Gasteiger partial charge in [0.05, 0.1) is 5.25 Å². The van der Waals surface area contributed by atoms with Crippen molar-refractivity contribution in [2.75, 3.05) is 28.0 Å². The van der Waals surface area contributed by atoms with E-state index in [4.69, 9.17) is 0 Å². The van der Waals surface area contributed by atoms with Gasteiger partial charge in [-0.3, -0.25) is 9.52 Å². The third kappa shape index (κ3) is 4.54. The second-order valence-corrected chi connectivity index (χ2v) is 9.34. The van der Waals surface area contributed by atoms with Crippen molar-refractivity contribution >= 4 is 33.0 Å². The normalized spacial score (nSPS) is 13.8. The van der Waals surface area contributed by atoms with Crippen LogP contribution in [0.1, 0.15) is 29.8 Å². The molecular formula is C21H25N3O3S. The molecule has 1 aliphatic rings. The second-order valence-electron chi connectivity index (χ2n) is 7.10. The maximum atomic E-state index is 12.5. The minimum atomic E-state index is -3.41. The van der Waals surface area contributed by atoms with Gasteiger partial charge in [-0.2, -0.15) is 0 Å². The highest BCUT2D eigenvalue weighted by Gasteiger charge is 2.16. The van der Waals surface area contributed by atoms with Gasteiger partial charge in [0, 0.05) is 35.7 Å². The summed E-state index contributed by atoms with van der Waals surface area (Å²) in [6.45, 7) is 6.98. The predicted molar refractivity (Wildman–Crippen MR) is 115 cm³/mol. The van der Waals surface area contributed by atoms with Crippen LogP contribution in [0.5, 0.6) is 0 Å². The van der Waals surface area contributed by atoms with Crippen LogP contribution in [0, 0.1) is 6.92 Å². The Balaban J connectivity index is 1.67. The van der Waals surface area contributed by atoms with Gasteiger partial charge in [0.15, 0.2) is 0 Å². The Morgan fingerprint density at radius 3 is 2.25 bits per heavy atom. The summed E-state index contributed by atoms with van der Waals surface area (Å²) in [6.07, 6.45) is 4.27. The van der Waals surface area contributed by atoms with Crippen LogP contribution in [0.25, 0.3) is 0 Å². The molecule has 148 valence electrons. The Labute approximate surface area is 166 Å². The third-order valence-corrected chi connectivity index (χ3v) is 6.43. The lowest BCUT2D eigenvalue weighted by Gasteiger charge is -2.19. The first-order valence-electron chi connectivity index (χ1n) is 9.20. The number of hydrogen-bond acceptors (Lipinski definition) is 4. The molecule has 1 aliphatic heterocycles. The van der Waals surface area contributed by atoms with E-state index < -0.39 is 15.3 Å². The van der Waals surface area contributed by atoms with Crippen molar-refractivity contribution in [1.82, 2.24) is 0 Å². The van der Waals surface area contributed by atoms with Gasteiger partial charge in [-0.25, -0.2) is 8.42 Å². The van der Waals surface area contributed by atoms with Crippen LogP contribution in [0.3, 0.4) is 0 Å². The smallest absolute Gasteiger partial charge is 0.255 e. The molecule has 0 saturated carbocycles. The highest BCUT2D eigenvalue weighted by molar-refractivity contribution is 7.93. The Kier molecular flexibility index (Phi) is 5.74. The zero-order chi connectivity index (χ0) is 20.3. The molecule has 1 heterocycles. The SMILES string of the molecule is Cc1cc(N2CC=CC2)ccc1NC(=O)c1ccc(NS(=O)(=O)C(C)C)cc1. The summed E-state index contributed by atoms with van der Waals surface area (Å²) in [4.78, 5) is 14.8. The average molecular weight is 400 g/mol. The zero-order valence-corrected chi connectivity index (χ0v) is 17.1. The second kappa shape index (κ2) is 8.06. The maximum absolute atomic E-state index is 12.5. The summed E-state index contributed by atoms with van der Waals surface area (Å²) in [5.74, 6) is -0.239. The first kappa shape index (κ1) is 19.9.